The molecule has 3 nitrogen and oxygen atoms in total. The summed E-state index contributed by atoms with van der Waals surface area (Å²) in [6.45, 7) is 0. The van der Waals surface area contributed by atoms with Gasteiger partial charge in [-0.15, -0.1) is 0 Å². The lowest BCUT2D eigenvalue weighted by atomic mass is 9.78. The zero-order chi connectivity index (χ0) is 14.4. The largest absolute Gasteiger partial charge is 0.497 e. The fourth-order valence-electron chi connectivity index (χ4n) is 2.11. The maximum absolute atomic E-state index is 9.49. The second-order valence-electron chi connectivity index (χ2n) is 4.52. The van der Waals surface area contributed by atoms with Crippen LogP contribution in [0.3, 0.4) is 0 Å². The molecule has 0 bridgehead atoms. The molecule has 0 fully saturated rings. The molecule has 0 spiro atoms. The van der Waals surface area contributed by atoms with Gasteiger partial charge in [0.1, 0.15) is 5.75 Å². The highest BCUT2D eigenvalue weighted by atomic mass is 16.5. The molecular formula is C17H14N2O. The van der Waals surface area contributed by atoms with Crippen molar-refractivity contribution >= 4 is 0 Å². The fraction of sp³-hybridized carbons (Fsp3) is 0.176. The molecule has 20 heavy (non-hydrogen) atoms. The molecule has 0 heterocycles. The van der Waals surface area contributed by atoms with E-state index in [-0.39, 0.29) is 0 Å². The number of hydrogen-bond donors (Lipinski definition) is 0. The van der Waals surface area contributed by atoms with Crippen molar-refractivity contribution < 1.29 is 4.74 Å². The van der Waals surface area contributed by atoms with E-state index in [1.165, 1.54) is 0 Å². The zero-order valence-electron chi connectivity index (χ0n) is 11.2. The highest BCUT2D eigenvalue weighted by Crippen LogP contribution is 2.28. The van der Waals surface area contributed by atoms with E-state index >= 15 is 0 Å². The van der Waals surface area contributed by atoms with E-state index in [1.807, 2.05) is 54.6 Å². The lowest BCUT2D eigenvalue weighted by molar-refractivity contribution is 0.414. The summed E-state index contributed by atoms with van der Waals surface area (Å²) in [5, 5.41) is 19.0. The van der Waals surface area contributed by atoms with Crippen molar-refractivity contribution in [3.8, 4) is 17.9 Å². The molecule has 0 atom stereocenters. The highest BCUT2D eigenvalue weighted by Gasteiger charge is 2.32. The third-order valence-electron chi connectivity index (χ3n) is 3.28. The van der Waals surface area contributed by atoms with Gasteiger partial charge in [0.05, 0.1) is 19.2 Å². The minimum Gasteiger partial charge on any atom is -0.497 e. The quantitative estimate of drug-likeness (QED) is 0.850. The monoisotopic (exact) mass is 262 g/mol. The van der Waals surface area contributed by atoms with Gasteiger partial charge in [0.25, 0.3) is 0 Å². The van der Waals surface area contributed by atoms with E-state index in [4.69, 9.17) is 4.74 Å². The number of benzene rings is 2. The van der Waals surface area contributed by atoms with E-state index in [0.717, 1.165) is 16.9 Å². The standard InChI is InChI=1S/C17H14N2O/c1-20-16-9-7-14(8-10-16)11-17(12-18,13-19)15-5-3-2-4-6-15/h2-10H,11H2,1H3. The molecule has 0 radical (unpaired) electrons. The van der Waals surface area contributed by atoms with Gasteiger partial charge in [-0.2, -0.15) is 10.5 Å². The summed E-state index contributed by atoms with van der Waals surface area (Å²) in [5.41, 5.74) is 0.495. The first-order valence-electron chi connectivity index (χ1n) is 6.25. The van der Waals surface area contributed by atoms with Gasteiger partial charge >= 0.3 is 0 Å². The van der Waals surface area contributed by atoms with Crippen LogP contribution < -0.4 is 4.74 Å². The Morgan fingerprint density at radius 1 is 0.950 bits per heavy atom. The number of methoxy groups -OCH3 is 1. The Kier molecular flexibility index (Phi) is 4.03. The maximum atomic E-state index is 9.49. The highest BCUT2D eigenvalue weighted by molar-refractivity contribution is 5.43. The molecule has 0 unspecified atom stereocenters. The van der Waals surface area contributed by atoms with Gasteiger partial charge in [-0.25, -0.2) is 0 Å². The van der Waals surface area contributed by atoms with Crippen LogP contribution in [-0.4, -0.2) is 7.11 Å². The van der Waals surface area contributed by atoms with E-state index < -0.39 is 5.41 Å². The van der Waals surface area contributed by atoms with Gasteiger partial charge in [-0.05, 0) is 23.3 Å². The van der Waals surface area contributed by atoms with Crippen LogP contribution in [0.15, 0.2) is 54.6 Å². The predicted molar refractivity (Wildman–Crippen MR) is 76.0 cm³/mol. The summed E-state index contributed by atoms with van der Waals surface area (Å²) in [4.78, 5) is 0. The Balaban J connectivity index is 2.35. The minimum atomic E-state index is -1.16. The average molecular weight is 262 g/mol. The Bertz CT molecular complexity index is 634. The minimum absolute atomic E-state index is 0.355. The molecule has 2 rings (SSSR count). The van der Waals surface area contributed by atoms with Crippen LogP contribution in [0.5, 0.6) is 5.75 Å². The van der Waals surface area contributed by atoms with Crippen molar-refractivity contribution in [2.24, 2.45) is 0 Å². The first-order valence-corrected chi connectivity index (χ1v) is 6.25. The lowest BCUT2D eigenvalue weighted by Gasteiger charge is -2.19. The first-order chi connectivity index (χ1) is 9.74. The summed E-state index contributed by atoms with van der Waals surface area (Å²) >= 11 is 0. The summed E-state index contributed by atoms with van der Waals surface area (Å²) < 4.78 is 5.11. The molecule has 2 aromatic carbocycles. The SMILES string of the molecule is COc1ccc(CC(C#N)(C#N)c2ccccc2)cc1. The van der Waals surface area contributed by atoms with Crippen molar-refractivity contribution in [3.63, 3.8) is 0 Å². The van der Waals surface area contributed by atoms with Gasteiger partial charge in [0, 0.05) is 6.42 Å². The summed E-state index contributed by atoms with van der Waals surface area (Å²) in [7, 11) is 1.60. The van der Waals surface area contributed by atoms with Crippen molar-refractivity contribution in [2.45, 2.75) is 11.8 Å². The molecule has 2 aromatic rings. The molecule has 3 heteroatoms. The number of ether oxygens (including phenoxy) is 1. The van der Waals surface area contributed by atoms with Gasteiger partial charge in [0.2, 0.25) is 0 Å². The Hall–Kier alpha value is -2.78. The fourth-order valence-corrected chi connectivity index (χ4v) is 2.11. The number of hydrogen-bond acceptors (Lipinski definition) is 3. The normalized spacial score (nSPS) is 10.3. The Morgan fingerprint density at radius 2 is 1.55 bits per heavy atom. The number of rotatable bonds is 4. The topological polar surface area (TPSA) is 56.8 Å². The molecule has 0 aliphatic heterocycles. The van der Waals surface area contributed by atoms with E-state index in [2.05, 4.69) is 12.1 Å². The van der Waals surface area contributed by atoms with Crippen LogP contribution >= 0.6 is 0 Å². The summed E-state index contributed by atoms with van der Waals surface area (Å²) in [6.07, 6.45) is 0.355. The molecular weight excluding hydrogens is 248 g/mol. The zero-order valence-corrected chi connectivity index (χ0v) is 11.2. The van der Waals surface area contributed by atoms with E-state index in [9.17, 15) is 10.5 Å². The predicted octanol–water partition coefficient (Wildman–Crippen LogP) is 3.22. The molecule has 0 N–H and O–H groups in total. The molecule has 0 saturated carbocycles. The first kappa shape index (κ1) is 13.6. The van der Waals surface area contributed by atoms with Gasteiger partial charge in [-0.1, -0.05) is 42.5 Å². The van der Waals surface area contributed by atoms with E-state index in [0.29, 0.717) is 6.42 Å². The second-order valence-corrected chi connectivity index (χ2v) is 4.52. The van der Waals surface area contributed by atoms with Gasteiger partial charge < -0.3 is 4.74 Å². The van der Waals surface area contributed by atoms with Crippen LogP contribution in [0, 0.1) is 22.7 Å². The summed E-state index contributed by atoms with van der Waals surface area (Å²) in [6, 6.07) is 20.9. The van der Waals surface area contributed by atoms with Crippen molar-refractivity contribution in [1.29, 1.82) is 10.5 Å². The molecule has 0 aromatic heterocycles. The third-order valence-corrected chi connectivity index (χ3v) is 3.28. The molecule has 0 saturated heterocycles. The Morgan fingerprint density at radius 3 is 2.05 bits per heavy atom. The van der Waals surface area contributed by atoms with Crippen molar-refractivity contribution in [2.75, 3.05) is 7.11 Å². The maximum Gasteiger partial charge on any atom is 0.172 e. The Labute approximate surface area is 118 Å². The third kappa shape index (κ3) is 2.63. The molecule has 0 aliphatic rings. The number of nitrogens with zero attached hydrogens (tertiary/aromatic N) is 2. The van der Waals surface area contributed by atoms with E-state index in [1.54, 1.807) is 7.11 Å². The van der Waals surface area contributed by atoms with Gasteiger partial charge in [-0.3, -0.25) is 0 Å². The number of nitriles is 2. The lowest BCUT2D eigenvalue weighted by Crippen LogP contribution is -2.24. The van der Waals surface area contributed by atoms with Crippen LogP contribution in [0.4, 0.5) is 0 Å². The smallest absolute Gasteiger partial charge is 0.172 e. The second kappa shape index (κ2) is 5.91. The van der Waals surface area contributed by atoms with Crippen molar-refractivity contribution in [1.82, 2.24) is 0 Å². The molecule has 98 valence electrons. The molecule has 0 aliphatic carbocycles. The van der Waals surface area contributed by atoms with Gasteiger partial charge in [0.15, 0.2) is 5.41 Å². The molecule has 0 amide bonds. The van der Waals surface area contributed by atoms with Crippen LogP contribution in [-0.2, 0) is 11.8 Å². The summed E-state index contributed by atoms with van der Waals surface area (Å²) in [5.74, 6) is 0.757. The van der Waals surface area contributed by atoms with Crippen LogP contribution in [0.25, 0.3) is 0 Å². The van der Waals surface area contributed by atoms with Crippen LogP contribution in [0.2, 0.25) is 0 Å². The van der Waals surface area contributed by atoms with Crippen LogP contribution in [0.1, 0.15) is 11.1 Å². The average Bonchev–Trinajstić information content (AvgIpc) is 2.54. The van der Waals surface area contributed by atoms with Crippen molar-refractivity contribution in [3.05, 3.63) is 65.7 Å².